The lowest BCUT2D eigenvalue weighted by Crippen LogP contribution is -2.31. The average molecular weight is 380 g/mol. The minimum Gasteiger partial charge on any atom is -0.482 e. The Hall–Kier alpha value is -3.33. The summed E-state index contributed by atoms with van der Waals surface area (Å²) in [7, 11) is 0. The van der Waals surface area contributed by atoms with Crippen LogP contribution in [0.1, 0.15) is 43.4 Å². The topological polar surface area (TPSA) is 88.4 Å². The van der Waals surface area contributed by atoms with E-state index in [2.05, 4.69) is 19.2 Å². The van der Waals surface area contributed by atoms with E-state index in [-0.39, 0.29) is 6.61 Å². The summed E-state index contributed by atoms with van der Waals surface area (Å²) in [6.45, 7) is 7.43. The lowest BCUT2D eigenvalue weighted by molar-refractivity contribution is -0.155. The molecule has 6 heteroatoms. The van der Waals surface area contributed by atoms with Crippen molar-refractivity contribution in [2.75, 3.05) is 11.9 Å². The van der Waals surface area contributed by atoms with Crippen molar-refractivity contribution in [2.45, 2.75) is 39.7 Å². The van der Waals surface area contributed by atoms with E-state index in [1.807, 2.05) is 31.2 Å². The molecular formula is C22H24N2O4. The standard InChI is InChI=1S/C22H24N2O4/c1-14(2)20-10-9-19(11-15(20)3)27-13-21(25)28-16(4)22(26)24-18-7-5-17(12-23)6-8-18/h5-11,14,16H,13H2,1-4H3,(H,24,26)/t16-/m0/s1. The van der Waals surface area contributed by atoms with Crippen LogP contribution in [0.3, 0.4) is 0 Å². The predicted octanol–water partition coefficient (Wildman–Crippen LogP) is 3.94. The Morgan fingerprint density at radius 1 is 1.11 bits per heavy atom. The summed E-state index contributed by atoms with van der Waals surface area (Å²) in [5, 5.41) is 11.4. The van der Waals surface area contributed by atoms with Gasteiger partial charge in [0.2, 0.25) is 0 Å². The number of esters is 1. The van der Waals surface area contributed by atoms with Crippen LogP contribution in [0.25, 0.3) is 0 Å². The van der Waals surface area contributed by atoms with Crippen molar-refractivity contribution < 1.29 is 19.1 Å². The van der Waals surface area contributed by atoms with Crippen LogP contribution in [-0.2, 0) is 14.3 Å². The Labute approximate surface area is 165 Å². The highest BCUT2D eigenvalue weighted by atomic mass is 16.6. The summed E-state index contributed by atoms with van der Waals surface area (Å²) in [5.41, 5.74) is 3.33. The van der Waals surface area contributed by atoms with Crippen LogP contribution in [0.2, 0.25) is 0 Å². The van der Waals surface area contributed by atoms with E-state index in [4.69, 9.17) is 14.7 Å². The Balaban J connectivity index is 1.83. The van der Waals surface area contributed by atoms with Gasteiger partial charge in [-0.15, -0.1) is 0 Å². The van der Waals surface area contributed by atoms with Crippen molar-refractivity contribution in [2.24, 2.45) is 0 Å². The van der Waals surface area contributed by atoms with Gasteiger partial charge in [0.25, 0.3) is 5.91 Å². The molecule has 0 aromatic heterocycles. The molecule has 6 nitrogen and oxygen atoms in total. The largest absolute Gasteiger partial charge is 0.482 e. The molecular weight excluding hydrogens is 356 g/mol. The van der Waals surface area contributed by atoms with Crippen LogP contribution in [0.5, 0.6) is 5.75 Å². The van der Waals surface area contributed by atoms with Crippen molar-refractivity contribution in [1.29, 1.82) is 5.26 Å². The number of rotatable bonds is 7. The highest BCUT2D eigenvalue weighted by Crippen LogP contribution is 2.23. The zero-order chi connectivity index (χ0) is 20.7. The molecule has 0 unspecified atom stereocenters. The quantitative estimate of drug-likeness (QED) is 0.735. The summed E-state index contributed by atoms with van der Waals surface area (Å²) in [6.07, 6.45) is -0.975. The van der Waals surface area contributed by atoms with Crippen LogP contribution in [-0.4, -0.2) is 24.6 Å². The lowest BCUT2D eigenvalue weighted by atomic mass is 9.98. The number of carbonyl (C=O) groups is 2. The molecule has 0 saturated carbocycles. The van der Waals surface area contributed by atoms with Crippen LogP contribution in [0.15, 0.2) is 42.5 Å². The Kier molecular flexibility index (Phi) is 7.16. The minimum absolute atomic E-state index is 0.283. The maximum atomic E-state index is 12.1. The third kappa shape index (κ3) is 5.85. The van der Waals surface area contributed by atoms with E-state index >= 15 is 0 Å². The maximum Gasteiger partial charge on any atom is 0.344 e. The predicted molar refractivity (Wildman–Crippen MR) is 106 cm³/mol. The van der Waals surface area contributed by atoms with Gasteiger partial charge >= 0.3 is 5.97 Å². The molecule has 146 valence electrons. The number of carbonyl (C=O) groups excluding carboxylic acids is 2. The fraction of sp³-hybridized carbons (Fsp3) is 0.318. The summed E-state index contributed by atoms with van der Waals surface area (Å²) in [5.74, 6) is -0.105. The first-order valence-electron chi connectivity index (χ1n) is 9.04. The average Bonchev–Trinajstić information content (AvgIpc) is 2.66. The van der Waals surface area contributed by atoms with Gasteiger partial charge in [0, 0.05) is 5.69 Å². The van der Waals surface area contributed by atoms with E-state index in [1.165, 1.54) is 12.5 Å². The van der Waals surface area contributed by atoms with Crippen molar-refractivity contribution >= 4 is 17.6 Å². The molecule has 0 radical (unpaired) electrons. The fourth-order valence-electron chi connectivity index (χ4n) is 2.68. The number of benzene rings is 2. The van der Waals surface area contributed by atoms with Gasteiger partial charge in [0.15, 0.2) is 12.7 Å². The van der Waals surface area contributed by atoms with E-state index < -0.39 is 18.0 Å². The monoisotopic (exact) mass is 380 g/mol. The molecule has 2 rings (SSSR count). The normalized spacial score (nSPS) is 11.4. The highest BCUT2D eigenvalue weighted by Gasteiger charge is 2.18. The molecule has 0 bridgehead atoms. The number of aryl methyl sites for hydroxylation is 1. The second-order valence-corrected chi connectivity index (χ2v) is 6.77. The summed E-state index contributed by atoms with van der Waals surface area (Å²) in [6, 6.07) is 14.1. The SMILES string of the molecule is Cc1cc(OCC(=O)O[C@@H](C)C(=O)Nc2ccc(C#N)cc2)ccc1C(C)C. The van der Waals surface area contributed by atoms with E-state index in [9.17, 15) is 9.59 Å². The van der Waals surface area contributed by atoms with Crippen molar-refractivity contribution in [3.05, 3.63) is 59.2 Å². The van der Waals surface area contributed by atoms with Gasteiger partial charge in [0.1, 0.15) is 5.75 Å². The summed E-state index contributed by atoms with van der Waals surface area (Å²) < 4.78 is 10.6. The molecule has 0 aliphatic heterocycles. The highest BCUT2D eigenvalue weighted by molar-refractivity contribution is 5.95. The molecule has 1 amide bonds. The molecule has 2 aromatic carbocycles. The zero-order valence-corrected chi connectivity index (χ0v) is 16.5. The Morgan fingerprint density at radius 2 is 1.79 bits per heavy atom. The molecule has 1 atom stereocenters. The van der Waals surface area contributed by atoms with Gasteiger partial charge in [-0.25, -0.2) is 4.79 Å². The van der Waals surface area contributed by atoms with Crippen LogP contribution < -0.4 is 10.1 Å². The molecule has 0 aliphatic rings. The summed E-state index contributed by atoms with van der Waals surface area (Å²) >= 11 is 0. The Bertz CT molecular complexity index is 882. The fourth-order valence-corrected chi connectivity index (χ4v) is 2.68. The number of nitrogens with one attached hydrogen (secondary N) is 1. The number of nitriles is 1. The second-order valence-electron chi connectivity index (χ2n) is 6.77. The van der Waals surface area contributed by atoms with Crippen LogP contribution >= 0.6 is 0 Å². The van der Waals surface area contributed by atoms with Crippen molar-refractivity contribution in [3.8, 4) is 11.8 Å². The van der Waals surface area contributed by atoms with Gasteiger partial charge in [-0.05, 0) is 67.3 Å². The number of nitrogens with zero attached hydrogens (tertiary/aromatic N) is 1. The van der Waals surface area contributed by atoms with Gasteiger partial charge in [-0.3, -0.25) is 4.79 Å². The lowest BCUT2D eigenvalue weighted by Gasteiger charge is -2.15. The smallest absolute Gasteiger partial charge is 0.344 e. The molecule has 0 fully saturated rings. The summed E-state index contributed by atoms with van der Waals surface area (Å²) in [4.78, 5) is 24.1. The molecule has 2 aromatic rings. The van der Waals surface area contributed by atoms with Gasteiger partial charge in [-0.1, -0.05) is 19.9 Å². The van der Waals surface area contributed by atoms with Crippen molar-refractivity contribution in [1.82, 2.24) is 0 Å². The molecule has 0 aliphatic carbocycles. The first-order valence-corrected chi connectivity index (χ1v) is 9.04. The number of hydrogen-bond acceptors (Lipinski definition) is 5. The second kappa shape index (κ2) is 9.56. The van der Waals surface area contributed by atoms with Crippen molar-refractivity contribution in [3.63, 3.8) is 0 Å². The van der Waals surface area contributed by atoms with E-state index in [0.29, 0.717) is 22.9 Å². The minimum atomic E-state index is -0.975. The number of amides is 1. The Morgan fingerprint density at radius 3 is 2.36 bits per heavy atom. The molecule has 1 N–H and O–H groups in total. The molecule has 0 heterocycles. The number of hydrogen-bond donors (Lipinski definition) is 1. The number of ether oxygens (including phenoxy) is 2. The van der Waals surface area contributed by atoms with E-state index in [1.54, 1.807) is 24.3 Å². The van der Waals surface area contributed by atoms with Gasteiger partial charge in [-0.2, -0.15) is 5.26 Å². The van der Waals surface area contributed by atoms with E-state index in [0.717, 1.165) is 5.56 Å². The van der Waals surface area contributed by atoms with Gasteiger partial charge in [0.05, 0.1) is 11.6 Å². The third-order valence-electron chi connectivity index (χ3n) is 4.18. The first kappa shape index (κ1) is 21.0. The van der Waals surface area contributed by atoms with Crippen LogP contribution in [0, 0.1) is 18.3 Å². The van der Waals surface area contributed by atoms with Gasteiger partial charge < -0.3 is 14.8 Å². The third-order valence-corrected chi connectivity index (χ3v) is 4.18. The molecule has 0 saturated heterocycles. The molecule has 0 spiro atoms. The molecule has 28 heavy (non-hydrogen) atoms. The first-order chi connectivity index (χ1) is 13.3. The van der Waals surface area contributed by atoms with Crippen LogP contribution in [0.4, 0.5) is 5.69 Å². The zero-order valence-electron chi connectivity index (χ0n) is 16.5. The maximum absolute atomic E-state index is 12.1. The number of anilines is 1.